The van der Waals surface area contributed by atoms with E-state index >= 15 is 0 Å². The van der Waals surface area contributed by atoms with Gasteiger partial charge in [0.2, 0.25) is 0 Å². The molecule has 0 saturated carbocycles. The first-order valence-corrected chi connectivity index (χ1v) is 4.86. The maximum Gasteiger partial charge on any atom is 0.328 e. The molecule has 0 spiro atoms. The maximum absolute atomic E-state index is 10.9. The van der Waals surface area contributed by atoms with Crippen molar-refractivity contribution in [1.29, 1.82) is 0 Å². The van der Waals surface area contributed by atoms with Gasteiger partial charge in [-0.3, -0.25) is 0 Å². The lowest BCUT2D eigenvalue weighted by molar-refractivity contribution is -0.139. The summed E-state index contributed by atoms with van der Waals surface area (Å²) in [5.41, 5.74) is 0.782. The number of nitrogens with one attached hydrogen (secondary N) is 1. The van der Waals surface area contributed by atoms with Crippen LogP contribution in [0.1, 0.15) is 6.92 Å². The minimum Gasteiger partial charge on any atom is -0.480 e. The summed E-state index contributed by atoms with van der Waals surface area (Å²) < 4.78 is 5.09. The summed E-state index contributed by atoms with van der Waals surface area (Å²) in [4.78, 5) is 10.9. The van der Waals surface area contributed by atoms with Gasteiger partial charge in [-0.05, 0) is 19.1 Å². The van der Waals surface area contributed by atoms with Crippen LogP contribution >= 0.6 is 0 Å². The van der Waals surface area contributed by atoms with Crippen molar-refractivity contribution in [1.82, 2.24) is 0 Å². The number of anilines is 1. The second-order valence-electron chi connectivity index (χ2n) is 3.06. The summed E-state index contributed by atoms with van der Waals surface area (Å²) in [7, 11) is 0. The van der Waals surface area contributed by atoms with E-state index in [-0.39, 0.29) is 6.61 Å². The Bertz CT molecular complexity index is 300. The normalized spacial score (nSPS) is 12.1. The fraction of sp³-hybridized carbons (Fsp3) is 0.364. The molecule has 4 heteroatoms. The van der Waals surface area contributed by atoms with Gasteiger partial charge in [-0.15, -0.1) is 0 Å². The van der Waals surface area contributed by atoms with Gasteiger partial charge < -0.3 is 15.2 Å². The molecule has 0 aromatic heterocycles. The Morgan fingerprint density at radius 3 is 2.67 bits per heavy atom. The van der Waals surface area contributed by atoms with Gasteiger partial charge in [-0.25, -0.2) is 4.79 Å². The monoisotopic (exact) mass is 209 g/mol. The lowest BCUT2D eigenvalue weighted by atomic mass is 10.2. The summed E-state index contributed by atoms with van der Waals surface area (Å²) in [6, 6.07) is 8.52. The predicted molar refractivity (Wildman–Crippen MR) is 58.0 cm³/mol. The number of benzene rings is 1. The van der Waals surface area contributed by atoms with E-state index in [1.165, 1.54) is 0 Å². The van der Waals surface area contributed by atoms with Gasteiger partial charge >= 0.3 is 5.97 Å². The molecule has 0 aliphatic heterocycles. The van der Waals surface area contributed by atoms with Crippen molar-refractivity contribution >= 4 is 11.7 Å². The zero-order chi connectivity index (χ0) is 11.1. The smallest absolute Gasteiger partial charge is 0.328 e. The Balaban J connectivity index is 2.55. The average Bonchev–Trinajstić information content (AvgIpc) is 2.25. The van der Waals surface area contributed by atoms with Crippen molar-refractivity contribution in [3.8, 4) is 0 Å². The number of hydrogen-bond acceptors (Lipinski definition) is 3. The van der Waals surface area contributed by atoms with Crippen LogP contribution in [0.15, 0.2) is 30.3 Å². The van der Waals surface area contributed by atoms with Crippen LogP contribution in [0.2, 0.25) is 0 Å². The molecule has 0 unspecified atom stereocenters. The number of rotatable bonds is 6. The fourth-order valence-electron chi connectivity index (χ4n) is 1.15. The molecule has 0 aliphatic carbocycles. The summed E-state index contributed by atoms with van der Waals surface area (Å²) >= 11 is 0. The molecule has 0 bridgehead atoms. The van der Waals surface area contributed by atoms with Gasteiger partial charge in [0.15, 0.2) is 0 Å². The molecule has 0 saturated heterocycles. The number of aliphatic carboxylic acids is 1. The number of carboxylic acid groups (broad SMARTS) is 1. The quantitative estimate of drug-likeness (QED) is 0.747. The zero-order valence-corrected chi connectivity index (χ0v) is 8.64. The lowest BCUT2D eigenvalue weighted by Gasteiger charge is -2.15. The van der Waals surface area contributed by atoms with Crippen LogP contribution in [0.4, 0.5) is 5.69 Å². The van der Waals surface area contributed by atoms with E-state index in [0.717, 1.165) is 5.69 Å². The van der Waals surface area contributed by atoms with Gasteiger partial charge in [0.1, 0.15) is 6.04 Å². The summed E-state index contributed by atoms with van der Waals surface area (Å²) in [6.45, 7) is 2.52. The van der Waals surface area contributed by atoms with Crippen LogP contribution < -0.4 is 5.32 Å². The molecule has 0 aliphatic rings. The fourth-order valence-corrected chi connectivity index (χ4v) is 1.15. The van der Waals surface area contributed by atoms with Gasteiger partial charge in [0.05, 0.1) is 6.61 Å². The second-order valence-corrected chi connectivity index (χ2v) is 3.06. The largest absolute Gasteiger partial charge is 0.480 e. The van der Waals surface area contributed by atoms with Gasteiger partial charge in [-0.1, -0.05) is 18.2 Å². The molecule has 1 atom stereocenters. The number of carbonyl (C=O) groups is 1. The lowest BCUT2D eigenvalue weighted by Crippen LogP contribution is -2.34. The van der Waals surface area contributed by atoms with Gasteiger partial charge in [0, 0.05) is 12.3 Å². The molecule has 1 aromatic rings. The van der Waals surface area contributed by atoms with Crippen molar-refractivity contribution in [2.75, 3.05) is 18.5 Å². The van der Waals surface area contributed by atoms with E-state index in [1.54, 1.807) is 0 Å². The van der Waals surface area contributed by atoms with E-state index in [9.17, 15) is 4.79 Å². The zero-order valence-electron chi connectivity index (χ0n) is 8.64. The van der Waals surface area contributed by atoms with Crippen LogP contribution in [0, 0.1) is 0 Å². The molecule has 0 radical (unpaired) electrons. The summed E-state index contributed by atoms with van der Waals surface area (Å²) in [5.74, 6) is -0.910. The molecule has 0 fully saturated rings. The molecule has 15 heavy (non-hydrogen) atoms. The molecule has 0 heterocycles. The highest BCUT2D eigenvalue weighted by Gasteiger charge is 2.16. The molecule has 2 N–H and O–H groups in total. The van der Waals surface area contributed by atoms with Crippen molar-refractivity contribution < 1.29 is 14.6 Å². The van der Waals surface area contributed by atoms with Crippen LogP contribution in [0.3, 0.4) is 0 Å². The predicted octanol–water partition coefficient (Wildman–Crippen LogP) is 1.59. The standard InChI is InChI=1S/C11H15NO3/c1-2-15-8-10(11(13)14)12-9-6-4-3-5-7-9/h3-7,10,12H,2,8H2,1H3,(H,13,14)/t10-/m0/s1. The minimum absolute atomic E-state index is 0.167. The maximum atomic E-state index is 10.9. The van der Waals surface area contributed by atoms with Crippen LogP contribution in [-0.4, -0.2) is 30.3 Å². The first kappa shape index (κ1) is 11.5. The summed E-state index contributed by atoms with van der Waals surface area (Å²) in [6.07, 6.45) is 0. The first-order valence-electron chi connectivity index (χ1n) is 4.86. The second kappa shape index (κ2) is 6.03. The molecular weight excluding hydrogens is 194 g/mol. The van der Waals surface area contributed by atoms with Crippen molar-refractivity contribution in [2.45, 2.75) is 13.0 Å². The molecule has 1 rings (SSSR count). The van der Waals surface area contributed by atoms with Crippen LogP contribution in [0.5, 0.6) is 0 Å². The van der Waals surface area contributed by atoms with E-state index in [4.69, 9.17) is 9.84 Å². The highest BCUT2D eigenvalue weighted by molar-refractivity contribution is 5.77. The summed E-state index contributed by atoms with van der Waals surface area (Å²) in [5, 5.41) is 11.8. The van der Waals surface area contributed by atoms with Crippen LogP contribution in [-0.2, 0) is 9.53 Å². The van der Waals surface area contributed by atoms with Crippen molar-refractivity contribution in [2.24, 2.45) is 0 Å². The van der Waals surface area contributed by atoms with Gasteiger partial charge in [0.25, 0.3) is 0 Å². The van der Waals surface area contributed by atoms with E-state index in [1.807, 2.05) is 37.3 Å². The Hall–Kier alpha value is -1.55. The van der Waals surface area contributed by atoms with Crippen molar-refractivity contribution in [3.05, 3.63) is 30.3 Å². The van der Waals surface area contributed by atoms with Crippen LogP contribution in [0.25, 0.3) is 0 Å². The number of para-hydroxylation sites is 1. The molecule has 1 aromatic carbocycles. The molecule has 0 amide bonds. The van der Waals surface area contributed by atoms with Gasteiger partial charge in [-0.2, -0.15) is 0 Å². The van der Waals surface area contributed by atoms with Crippen molar-refractivity contribution in [3.63, 3.8) is 0 Å². The number of carboxylic acids is 1. The third kappa shape index (κ3) is 3.99. The third-order valence-corrected chi connectivity index (χ3v) is 1.90. The average molecular weight is 209 g/mol. The Morgan fingerprint density at radius 2 is 2.13 bits per heavy atom. The molecule has 82 valence electrons. The third-order valence-electron chi connectivity index (χ3n) is 1.90. The number of hydrogen-bond donors (Lipinski definition) is 2. The highest BCUT2D eigenvalue weighted by Crippen LogP contribution is 2.07. The Morgan fingerprint density at radius 1 is 1.47 bits per heavy atom. The highest BCUT2D eigenvalue weighted by atomic mass is 16.5. The SMILES string of the molecule is CCOC[C@H](Nc1ccccc1)C(=O)O. The van der Waals surface area contributed by atoms with E-state index in [2.05, 4.69) is 5.32 Å². The molecular formula is C11H15NO3. The number of ether oxygens (including phenoxy) is 1. The van der Waals surface area contributed by atoms with E-state index in [0.29, 0.717) is 6.61 Å². The van der Waals surface area contributed by atoms with E-state index < -0.39 is 12.0 Å². The minimum atomic E-state index is -0.910. The first-order chi connectivity index (χ1) is 7.24. The Kier molecular flexibility index (Phi) is 4.63. The Labute approximate surface area is 88.9 Å². The topological polar surface area (TPSA) is 58.6 Å². The molecule has 4 nitrogen and oxygen atoms in total.